The minimum atomic E-state index is -4.36. The van der Waals surface area contributed by atoms with E-state index in [4.69, 9.17) is 0 Å². The zero-order valence-corrected chi connectivity index (χ0v) is 8.48. The summed E-state index contributed by atoms with van der Waals surface area (Å²) in [6, 6.07) is 0.975. The van der Waals surface area contributed by atoms with Crippen LogP contribution in [0.25, 0.3) is 0 Å². The molecule has 0 saturated carbocycles. The second kappa shape index (κ2) is 4.47. The highest BCUT2D eigenvalue weighted by molar-refractivity contribution is 9.09. The van der Waals surface area contributed by atoms with E-state index in [1.165, 1.54) is 6.20 Å². The van der Waals surface area contributed by atoms with E-state index in [0.717, 1.165) is 12.3 Å². The number of nitrogens with zero attached hydrogens (tertiary/aromatic N) is 1. The summed E-state index contributed by atoms with van der Waals surface area (Å²) < 4.78 is 36.6. The lowest BCUT2D eigenvalue weighted by atomic mass is 10.2. The predicted octanol–water partition coefficient (Wildman–Crippen LogP) is 2.85. The molecule has 1 rings (SSSR count). The van der Waals surface area contributed by atoms with Crippen LogP contribution in [-0.2, 0) is 6.18 Å². The van der Waals surface area contributed by atoms with Crippen molar-refractivity contribution >= 4 is 15.9 Å². The number of hydrogen-bond donors (Lipinski definition) is 0. The summed E-state index contributed by atoms with van der Waals surface area (Å²) in [5, 5.41) is 0.420. The summed E-state index contributed by atoms with van der Waals surface area (Å²) in [6.45, 7) is 0. The fraction of sp³-hybridized carbons (Fsp3) is 0.222. The van der Waals surface area contributed by atoms with Gasteiger partial charge >= 0.3 is 6.18 Å². The number of aromatic nitrogens is 1. The molecule has 74 valence electrons. The first-order valence-electron chi connectivity index (χ1n) is 3.61. The van der Waals surface area contributed by atoms with Crippen LogP contribution in [0.2, 0.25) is 0 Å². The molecule has 1 heterocycles. The van der Waals surface area contributed by atoms with Gasteiger partial charge in [0, 0.05) is 18.0 Å². The standard InChI is InChI=1S/C9H5BrF3N/c10-3-1-2-7-4-8(6-14-5-7)9(11,12)13/h4-6H,3H2. The lowest BCUT2D eigenvalue weighted by molar-refractivity contribution is -0.137. The van der Waals surface area contributed by atoms with E-state index in [1.54, 1.807) is 0 Å². The normalized spacial score (nSPS) is 10.6. The largest absolute Gasteiger partial charge is 0.417 e. The molecule has 5 heteroatoms. The molecule has 0 unspecified atom stereocenters. The summed E-state index contributed by atoms with van der Waals surface area (Å²) >= 11 is 3.05. The van der Waals surface area contributed by atoms with E-state index in [2.05, 4.69) is 32.8 Å². The van der Waals surface area contributed by atoms with Crippen molar-refractivity contribution in [2.75, 3.05) is 5.33 Å². The van der Waals surface area contributed by atoms with Gasteiger partial charge in [0.15, 0.2) is 0 Å². The van der Waals surface area contributed by atoms with Crippen molar-refractivity contribution in [2.45, 2.75) is 6.18 Å². The molecular weight excluding hydrogens is 259 g/mol. The van der Waals surface area contributed by atoms with Crippen molar-refractivity contribution in [3.63, 3.8) is 0 Å². The average molecular weight is 264 g/mol. The minimum Gasteiger partial charge on any atom is -0.263 e. The zero-order chi connectivity index (χ0) is 10.6. The molecule has 0 aromatic carbocycles. The molecule has 0 atom stereocenters. The minimum absolute atomic E-state index is 0.263. The van der Waals surface area contributed by atoms with Gasteiger partial charge in [-0.2, -0.15) is 13.2 Å². The monoisotopic (exact) mass is 263 g/mol. The molecule has 1 aromatic heterocycles. The van der Waals surface area contributed by atoms with Gasteiger partial charge in [-0.3, -0.25) is 4.98 Å². The summed E-state index contributed by atoms with van der Waals surface area (Å²) in [5.74, 6) is 5.15. The lowest BCUT2D eigenvalue weighted by Crippen LogP contribution is -2.05. The Morgan fingerprint density at radius 2 is 2.07 bits per heavy atom. The highest BCUT2D eigenvalue weighted by Gasteiger charge is 2.30. The molecule has 0 fully saturated rings. The van der Waals surface area contributed by atoms with Crippen molar-refractivity contribution in [2.24, 2.45) is 0 Å². The van der Waals surface area contributed by atoms with Crippen LogP contribution < -0.4 is 0 Å². The van der Waals surface area contributed by atoms with Gasteiger partial charge in [-0.05, 0) is 6.07 Å². The van der Waals surface area contributed by atoms with Crippen molar-refractivity contribution in [3.8, 4) is 11.8 Å². The maximum atomic E-state index is 12.2. The maximum Gasteiger partial charge on any atom is 0.417 e. The molecule has 0 bridgehead atoms. The molecule has 1 aromatic rings. The molecule has 14 heavy (non-hydrogen) atoms. The second-order valence-electron chi connectivity index (χ2n) is 2.40. The Morgan fingerprint density at radius 3 is 2.64 bits per heavy atom. The topological polar surface area (TPSA) is 12.9 Å². The highest BCUT2D eigenvalue weighted by Crippen LogP contribution is 2.28. The first-order chi connectivity index (χ1) is 6.54. The SMILES string of the molecule is FC(F)(F)c1cncc(C#CCBr)c1. The molecule has 0 aliphatic carbocycles. The number of pyridine rings is 1. The van der Waals surface area contributed by atoms with Crippen LogP contribution in [-0.4, -0.2) is 10.3 Å². The number of rotatable bonds is 0. The van der Waals surface area contributed by atoms with Crippen LogP contribution in [0.3, 0.4) is 0 Å². The van der Waals surface area contributed by atoms with Crippen molar-refractivity contribution < 1.29 is 13.2 Å². The molecule has 0 aliphatic heterocycles. The Kier molecular flexibility index (Phi) is 3.53. The van der Waals surface area contributed by atoms with Gasteiger partial charge in [0.2, 0.25) is 0 Å². The Morgan fingerprint density at radius 1 is 1.36 bits per heavy atom. The predicted molar refractivity (Wildman–Crippen MR) is 49.9 cm³/mol. The van der Waals surface area contributed by atoms with E-state index in [0.29, 0.717) is 5.33 Å². The molecule has 0 aliphatic rings. The van der Waals surface area contributed by atoms with E-state index in [1.807, 2.05) is 0 Å². The molecule has 0 spiro atoms. The zero-order valence-electron chi connectivity index (χ0n) is 6.90. The summed E-state index contributed by atoms with van der Waals surface area (Å²) in [7, 11) is 0. The number of alkyl halides is 4. The number of halogens is 4. The van der Waals surface area contributed by atoms with Crippen molar-refractivity contribution in [1.82, 2.24) is 4.98 Å². The van der Waals surface area contributed by atoms with Crippen molar-refractivity contribution in [3.05, 3.63) is 29.6 Å². The molecule has 0 radical (unpaired) electrons. The Balaban J connectivity index is 3.02. The molecule has 0 amide bonds. The third kappa shape index (κ3) is 3.04. The molecular formula is C9H5BrF3N. The van der Waals surface area contributed by atoms with Gasteiger partial charge in [0.05, 0.1) is 10.9 Å². The van der Waals surface area contributed by atoms with Gasteiger partial charge in [-0.15, -0.1) is 0 Å². The van der Waals surface area contributed by atoms with Gasteiger partial charge in [0.25, 0.3) is 0 Å². The van der Waals surface area contributed by atoms with Crippen LogP contribution in [0.15, 0.2) is 18.5 Å². The third-order valence-corrected chi connectivity index (χ3v) is 1.65. The first-order valence-corrected chi connectivity index (χ1v) is 4.73. The van der Waals surface area contributed by atoms with Crippen LogP contribution in [0, 0.1) is 11.8 Å². The van der Waals surface area contributed by atoms with E-state index >= 15 is 0 Å². The maximum absolute atomic E-state index is 12.2. The third-order valence-electron chi connectivity index (χ3n) is 1.37. The fourth-order valence-electron chi connectivity index (χ4n) is 0.799. The van der Waals surface area contributed by atoms with Gasteiger partial charge in [-0.1, -0.05) is 27.8 Å². The lowest BCUT2D eigenvalue weighted by Gasteiger charge is -2.04. The Labute approximate surface area is 87.5 Å². The van der Waals surface area contributed by atoms with Gasteiger partial charge < -0.3 is 0 Å². The van der Waals surface area contributed by atoms with Crippen LogP contribution in [0.1, 0.15) is 11.1 Å². The van der Waals surface area contributed by atoms with E-state index in [9.17, 15) is 13.2 Å². The Bertz CT molecular complexity index is 376. The van der Waals surface area contributed by atoms with E-state index < -0.39 is 11.7 Å². The quantitative estimate of drug-likeness (QED) is 0.518. The molecule has 0 saturated heterocycles. The van der Waals surface area contributed by atoms with Crippen LogP contribution >= 0.6 is 15.9 Å². The smallest absolute Gasteiger partial charge is 0.263 e. The average Bonchev–Trinajstić information content (AvgIpc) is 2.14. The summed E-state index contributed by atoms with van der Waals surface area (Å²) in [4.78, 5) is 3.47. The fourth-order valence-corrected chi connectivity index (χ4v) is 0.939. The highest BCUT2D eigenvalue weighted by atomic mass is 79.9. The first kappa shape index (κ1) is 11.1. The summed E-state index contributed by atoms with van der Waals surface area (Å²) in [6.07, 6.45) is -2.29. The van der Waals surface area contributed by atoms with Crippen LogP contribution in [0.5, 0.6) is 0 Å². The van der Waals surface area contributed by atoms with Crippen LogP contribution in [0.4, 0.5) is 13.2 Å². The van der Waals surface area contributed by atoms with Crippen molar-refractivity contribution in [1.29, 1.82) is 0 Å². The summed E-state index contributed by atoms with van der Waals surface area (Å²) in [5.41, 5.74) is -0.516. The van der Waals surface area contributed by atoms with Gasteiger partial charge in [-0.25, -0.2) is 0 Å². The second-order valence-corrected chi connectivity index (χ2v) is 2.96. The van der Waals surface area contributed by atoms with E-state index in [-0.39, 0.29) is 5.56 Å². The van der Waals surface area contributed by atoms with Gasteiger partial charge in [0.1, 0.15) is 0 Å². The molecule has 0 N–H and O–H groups in total. The number of hydrogen-bond acceptors (Lipinski definition) is 1. The molecule has 1 nitrogen and oxygen atoms in total. The Hall–Kier alpha value is -1.02.